The van der Waals surface area contributed by atoms with Gasteiger partial charge in [0.25, 0.3) is 0 Å². The first-order chi connectivity index (χ1) is 18.6. The first kappa shape index (κ1) is 34.1. The minimum atomic E-state index is 0. The molecular formula is C30H36ClN8Os. The van der Waals surface area contributed by atoms with Crippen molar-refractivity contribution in [3.8, 4) is 34.4 Å². The summed E-state index contributed by atoms with van der Waals surface area (Å²) in [6, 6.07) is 21.8. The number of hydrogen-bond acceptors (Lipinski definition) is 5. The van der Waals surface area contributed by atoms with Crippen molar-refractivity contribution in [2.45, 2.75) is 14.9 Å². The molecule has 0 fully saturated rings. The summed E-state index contributed by atoms with van der Waals surface area (Å²) in [5.74, 6) is 2.81. The van der Waals surface area contributed by atoms with Crippen LogP contribution in [0.2, 0.25) is 0 Å². The van der Waals surface area contributed by atoms with Crippen LogP contribution in [-0.4, -0.2) is 38.6 Å². The molecule has 6 rings (SSSR count). The van der Waals surface area contributed by atoms with Crippen LogP contribution < -0.4 is 0 Å². The summed E-state index contributed by atoms with van der Waals surface area (Å²) in [6.45, 7) is 0. The first-order valence-corrected chi connectivity index (χ1v) is 14.7. The molecule has 40 heavy (non-hydrogen) atoms. The maximum absolute atomic E-state index is 4.67. The first-order valence-electron chi connectivity index (χ1n) is 11.6. The molecule has 0 amide bonds. The van der Waals surface area contributed by atoms with E-state index in [4.69, 9.17) is 0 Å². The molecule has 0 N–H and O–H groups in total. The van der Waals surface area contributed by atoms with E-state index in [1.165, 1.54) is 17.6 Å². The van der Waals surface area contributed by atoms with Gasteiger partial charge in [-0.25, -0.2) is 15.0 Å². The Morgan fingerprint density at radius 3 is 1.18 bits per heavy atom. The SMILES string of the molecule is C.C.Cn1ccnc1-c1ccccc1.Cn1ccnc1-c1ccccn1.Cn1ccnc1-c1ccccn1.[Cl][Os]. The molecule has 0 saturated heterocycles. The van der Waals surface area contributed by atoms with E-state index in [-0.39, 0.29) is 14.9 Å². The van der Waals surface area contributed by atoms with Crippen LogP contribution in [0.5, 0.6) is 0 Å². The number of aromatic nitrogens is 8. The topological polar surface area (TPSA) is 79.2 Å². The number of benzene rings is 1. The molecule has 0 aliphatic carbocycles. The summed E-state index contributed by atoms with van der Waals surface area (Å²) >= 11 is 1.33. The Kier molecular flexibility index (Phi) is 15.7. The van der Waals surface area contributed by atoms with Crippen LogP contribution in [0.3, 0.4) is 0 Å². The average Bonchev–Trinajstić information content (AvgIpc) is 3.73. The zero-order chi connectivity index (χ0) is 27.2. The van der Waals surface area contributed by atoms with Crippen molar-refractivity contribution in [3.63, 3.8) is 0 Å². The van der Waals surface area contributed by atoms with Gasteiger partial charge in [0.1, 0.15) is 17.2 Å². The summed E-state index contributed by atoms with van der Waals surface area (Å²) in [6.07, 6.45) is 14.6. The fourth-order valence-corrected chi connectivity index (χ4v) is 3.45. The summed E-state index contributed by atoms with van der Waals surface area (Å²) in [5.41, 5.74) is 2.97. The predicted molar refractivity (Wildman–Crippen MR) is 161 cm³/mol. The van der Waals surface area contributed by atoms with Crippen molar-refractivity contribution in [2.24, 2.45) is 21.1 Å². The molecule has 0 radical (unpaired) electrons. The number of nitrogens with zero attached hydrogens (tertiary/aromatic N) is 8. The monoisotopic (exact) mass is 735 g/mol. The summed E-state index contributed by atoms with van der Waals surface area (Å²) in [4.78, 5) is 21.0. The van der Waals surface area contributed by atoms with E-state index in [0.717, 1.165) is 34.4 Å². The van der Waals surface area contributed by atoms with Crippen LogP contribution >= 0.6 is 9.64 Å². The zero-order valence-electron chi connectivity index (χ0n) is 21.3. The van der Waals surface area contributed by atoms with Crippen LogP contribution in [0.4, 0.5) is 0 Å². The van der Waals surface area contributed by atoms with Gasteiger partial charge in [-0.3, -0.25) is 9.97 Å². The molecule has 211 valence electrons. The Labute approximate surface area is 251 Å². The van der Waals surface area contributed by atoms with E-state index in [1.807, 2.05) is 114 Å². The van der Waals surface area contributed by atoms with Crippen molar-refractivity contribution in [1.29, 1.82) is 0 Å². The minimum absolute atomic E-state index is 0. The average molecular weight is 734 g/mol. The molecular weight excluding hydrogens is 698 g/mol. The van der Waals surface area contributed by atoms with Gasteiger partial charge in [0.15, 0.2) is 11.6 Å². The van der Waals surface area contributed by atoms with Crippen LogP contribution in [0.25, 0.3) is 34.4 Å². The number of imidazole rings is 3. The Bertz CT molecular complexity index is 1290. The van der Waals surface area contributed by atoms with E-state index >= 15 is 0 Å². The van der Waals surface area contributed by atoms with Gasteiger partial charge < -0.3 is 13.7 Å². The third kappa shape index (κ3) is 9.67. The molecule has 0 spiro atoms. The molecule has 0 aliphatic rings. The van der Waals surface area contributed by atoms with E-state index in [1.54, 1.807) is 24.8 Å². The number of rotatable bonds is 3. The number of pyridine rings is 2. The molecule has 0 aliphatic heterocycles. The quantitative estimate of drug-likeness (QED) is 0.196. The predicted octanol–water partition coefficient (Wildman–Crippen LogP) is 7.01. The second kappa shape index (κ2) is 18.4. The van der Waals surface area contributed by atoms with Crippen molar-refractivity contribution in [1.82, 2.24) is 38.6 Å². The second-order valence-corrected chi connectivity index (χ2v) is 7.88. The fraction of sp³-hybridized carbons (Fsp3) is 0.167. The molecule has 5 heterocycles. The van der Waals surface area contributed by atoms with Gasteiger partial charge in [-0.2, -0.15) is 0 Å². The Balaban J connectivity index is 0.000000284. The Morgan fingerprint density at radius 1 is 0.475 bits per heavy atom. The summed E-state index contributed by atoms with van der Waals surface area (Å²) in [7, 11) is 10.6. The van der Waals surface area contributed by atoms with Crippen molar-refractivity contribution >= 4 is 9.64 Å². The Hall–Kier alpha value is -3.92. The van der Waals surface area contributed by atoms with E-state index in [2.05, 4.69) is 46.7 Å². The molecule has 6 aromatic rings. The van der Waals surface area contributed by atoms with Crippen LogP contribution in [0.1, 0.15) is 14.9 Å². The molecule has 10 heteroatoms. The molecule has 8 nitrogen and oxygen atoms in total. The van der Waals surface area contributed by atoms with E-state index < -0.39 is 0 Å². The number of halogens is 1. The van der Waals surface area contributed by atoms with Gasteiger partial charge in [-0.05, 0) is 24.3 Å². The van der Waals surface area contributed by atoms with Crippen molar-refractivity contribution in [3.05, 3.63) is 116 Å². The summed E-state index contributed by atoms with van der Waals surface area (Å²) < 4.78 is 5.90. The molecule has 5 aromatic heterocycles. The standard InChI is InChI=1S/C10H10N2.2C9H9N3.2CH4.ClH.Os/c1-12-8-7-11-10(12)9-5-3-2-4-6-9;2*1-12-7-6-11-9(12)8-4-2-3-5-10-8;;;;/h2-8H,1H3;2*2-7H,1H3;2*1H4;1H;/q;;;;;;+1/p-1. The molecule has 0 saturated carbocycles. The van der Waals surface area contributed by atoms with Gasteiger partial charge in [0.05, 0.1) is 0 Å². The van der Waals surface area contributed by atoms with Crippen LogP contribution in [0, 0.1) is 0 Å². The van der Waals surface area contributed by atoms with Crippen molar-refractivity contribution in [2.75, 3.05) is 0 Å². The maximum atomic E-state index is 4.67. The Morgan fingerprint density at radius 2 is 0.850 bits per heavy atom. The van der Waals surface area contributed by atoms with Gasteiger partial charge in [-0.1, -0.05) is 57.3 Å². The van der Waals surface area contributed by atoms with Crippen LogP contribution in [0.15, 0.2) is 116 Å². The van der Waals surface area contributed by atoms with Gasteiger partial charge in [-0.15, -0.1) is 0 Å². The van der Waals surface area contributed by atoms with Crippen LogP contribution in [-0.2, 0) is 38.7 Å². The number of hydrogen-bond donors (Lipinski definition) is 0. The molecule has 1 aromatic carbocycles. The molecule has 0 atom stereocenters. The van der Waals surface area contributed by atoms with Crippen molar-refractivity contribution < 1.29 is 17.6 Å². The van der Waals surface area contributed by atoms with Gasteiger partial charge in [0, 0.05) is 76.3 Å². The normalized spacial score (nSPS) is 9.22. The summed E-state index contributed by atoms with van der Waals surface area (Å²) in [5, 5.41) is 0. The van der Waals surface area contributed by atoms with Gasteiger partial charge >= 0.3 is 27.2 Å². The fourth-order valence-electron chi connectivity index (χ4n) is 3.45. The third-order valence-electron chi connectivity index (χ3n) is 5.28. The second-order valence-electron chi connectivity index (χ2n) is 7.88. The molecule has 0 bridgehead atoms. The third-order valence-corrected chi connectivity index (χ3v) is 5.28. The molecule has 0 unspecified atom stereocenters. The zero-order valence-corrected chi connectivity index (χ0v) is 24.6. The number of aryl methyl sites for hydroxylation is 3. The van der Waals surface area contributed by atoms with E-state index in [0.29, 0.717) is 0 Å². The van der Waals surface area contributed by atoms with Gasteiger partial charge in [0.2, 0.25) is 0 Å². The van der Waals surface area contributed by atoms with E-state index in [9.17, 15) is 0 Å².